The maximum absolute atomic E-state index is 10.4. The van der Waals surface area contributed by atoms with Gasteiger partial charge in [-0.2, -0.15) is 0 Å². The molecule has 0 bridgehead atoms. The molecule has 0 spiro atoms. The van der Waals surface area contributed by atoms with Gasteiger partial charge >= 0.3 is 5.97 Å². The van der Waals surface area contributed by atoms with Crippen LogP contribution in [0.5, 0.6) is 0 Å². The van der Waals surface area contributed by atoms with Crippen LogP contribution in [0.25, 0.3) is 0 Å². The molecule has 0 saturated heterocycles. The average molecular weight is 340 g/mol. The first kappa shape index (κ1) is 23.2. The van der Waals surface area contributed by atoms with Crippen LogP contribution in [0.3, 0.4) is 0 Å². The summed E-state index contributed by atoms with van der Waals surface area (Å²) in [4.78, 5) is 10.4. The molecule has 0 fully saturated rings. The van der Waals surface area contributed by atoms with Gasteiger partial charge in [0.1, 0.15) is 0 Å². The Morgan fingerprint density at radius 3 is 1.54 bits per heavy atom. The van der Waals surface area contributed by atoms with Crippen LogP contribution in [-0.4, -0.2) is 24.7 Å². The Kier molecular flexibility index (Phi) is 19.5. The number of rotatable bonds is 19. The second-order valence-corrected chi connectivity index (χ2v) is 6.91. The lowest BCUT2D eigenvalue weighted by Gasteiger charge is -2.03. The number of nitrogens with one attached hydrogen (secondary N) is 1. The van der Waals surface area contributed by atoms with Crippen molar-refractivity contribution in [1.29, 1.82) is 0 Å². The number of carboxylic acids is 1. The first-order valence-electron chi connectivity index (χ1n) is 10.3. The molecule has 0 aromatic carbocycles. The first-order valence-corrected chi connectivity index (χ1v) is 10.3. The molecule has 3 heteroatoms. The van der Waals surface area contributed by atoms with E-state index in [1.54, 1.807) is 0 Å². The minimum atomic E-state index is -0.656. The average Bonchev–Trinajstić information content (AvgIpc) is 2.56. The van der Waals surface area contributed by atoms with Gasteiger partial charge in [-0.05, 0) is 26.3 Å². The summed E-state index contributed by atoms with van der Waals surface area (Å²) in [6, 6.07) is 0. The van der Waals surface area contributed by atoms with Crippen molar-refractivity contribution in [1.82, 2.24) is 5.32 Å². The van der Waals surface area contributed by atoms with Crippen molar-refractivity contribution in [3.63, 3.8) is 0 Å². The third kappa shape index (κ3) is 21.2. The third-order valence-corrected chi connectivity index (χ3v) is 4.50. The van der Waals surface area contributed by atoms with Crippen molar-refractivity contribution >= 4 is 5.97 Å². The van der Waals surface area contributed by atoms with Crippen LogP contribution in [0.4, 0.5) is 0 Å². The zero-order chi connectivity index (χ0) is 17.7. The Morgan fingerprint density at radius 2 is 1.12 bits per heavy atom. The van der Waals surface area contributed by atoms with Crippen LogP contribution in [0.2, 0.25) is 0 Å². The van der Waals surface area contributed by atoms with E-state index in [2.05, 4.69) is 17.5 Å². The normalized spacial score (nSPS) is 11.4. The number of unbranched alkanes of at least 4 members (excludes halogenated alkanes) is 14. The van der Waals surface area contributed by atoms with Crippen molar-refractivity contribution in [2.75, 3.05) is 13.6 Å². The van der Waals surface area contributed by atoms with Crippen LogP contribution in [0, 0.1) is 0 Å². The van der Waals surface area contributed by atoms with E-state index in [9.17, 15) is 4.79 Å². The largest absolute Gasteiger partial charge is 0.481 e. The standard InChI is InChI=1S/C21H41NO2/c1-22-20-18-16-14-12-10-8-6-4-2-3-5-7-9-11-13-15-17-19-21(23)24/h16,18,22H,2-15,17,19-20H2,1H3,(H,23,24)/b18-16+. The number of carbonyl (C=O) groups is 1. The second kappa shape index (κ2) is 20.2. The minimum absolute atomic E-state index is 0.340. The molecule has 0 rings (SSSR count). The van der Waals surface area contributed by atoms with E-state index in [0.29, 0.717) is 6.42 Å². The predicted molar refractivity (Wildman–Crippen MR) is 105 cm³/mol. The van der Waals surface area contributed by atoms with Gasteiger partial charge in [-0.25, -0.2) is 0 Å². The number of likely N-dealkylation sites (N-methyl/N-ethyl adjacent to an activating group) is 1. The molecule has 0 aromatic rings. The van der Waals surface area contributed by atoms with E-state index in [1.165, 1.54) is 83.5 Å². The minimum Gasteiger partial charge on any atom is -0.481 e. The van der Waals surface area contributed by atoms with Crippen molar-refractivity contribution in [2.24, 2.45) is 0 Å². The van der Waals surface area contributed by atoms with E-state index >= 15 is 0 Å². The smallest absolute Gasteiger partial charge is 0.303 e. The predicted octanol–water partition coefficient (Wildman–Crippen LogP) is 6.09. The highest BCUT2D eigenvalue weighted by atomic mass is 16.4. The molecule has 0 unspecified atom stereocenters. The van der Waals surface area contributed by atoms with Crippen LogP contribution in [0.1, 0.15) is 103 Å². The molecule has 2 N–H and O–H groups in total. The van der Waals surface area contributed by atoms with Crippen LogP contribution in [0.15, 0.2) is 12.2 Å². The molecule has 0 atom stereocenters. The van der Waals surface area contributed by atoms with Crippen molar-refractivity contribution in [3.8, 4) is 0 Å². The zero-order valence-corrected chi connectivity index (χ0v) is 16.0. The number of hydrogen-bond acceptors (Lipinski definition) is 2. The molecule has 0 saturated carbocycles. The highest BCUT2D eigenvalue weighted by Crippen LogP contribution is 2.13. The molecule has 0 aliphatic carbocycles. The van der Waals surface area contributed by atoms with Gasteiger partial charge in [-0.15, -0.1) is 0 Å². The Morgan fingerprint density at radius 1 is 0.708 bits per heavy atom. The van der Waals surface area contributed by atoms with Gasteiger partial charge in [0.25, 0.3) is 0 Å². The van der Waals surface area contributed by atoms with E-state index in [4.69, 9.17) is 5.11 Å². The fourth-order valence-electron chi connectivity index (χ4n) is 2.98. The SMILES string of the molecule is CNC/C=C/CCCCCCCCCCCCCCCCC(=O)O. The van der Waals surface area contributed by atoms with Gasteiger partial charge < -0.3 is 10.4 Å². The molecule has 142 valence electrons. The number of hydrogen-bond donors (Lipinski definition) is 2. The van der Waals surface area contributed by atoms with Crippen LogP contribution < -0.4 is 5.32 Å². The van der Waals surface area contributed by atoms with Crippen molar-refractivity contribution < 1.29 is 9.90 Å². The molecular weight excluding hydrogens is 298 g/mol. The highest BCUT2D eigenvalue weighted by Gasteiger charge is 1.97. The first-order chi connectivity index (χ1) is 11.8. The topological polar surface area (TPSA) is 49.3 Å². The number of carboxylic acid groups (broad SMARTS) is 1. The zero-order valence-electron chi connectivity index (χ0n) is 16.0. The summed E-state index contributed by atoms with van der Waals surface area (Å²) in [5.41, 5.74) is 0. The summed E-state index contributed by atoms with van der Waals surface area (Å²) < 4.78 is 0. The summed E-state index contributed by atoms with van der Waals surface area (Å²) in [5.74, 6) is -0.656. The molecule has 0 aliphatic rings. The lowest BCUT2D eigenvalue weighted by Crippen LogP contribution is -2.03. The quantitative estimate of drug-likeness (QED) is 0.221. The second-order valence-electron chi connectivity index (χ2n) is 6.91. The molecule has 0 amide bonds. The Balaban J connectivity index is 3.01. The maximum Gasteiger partial charge on any atom is 0.303 e. The fraction of sp³-hybridized carbons (Fsp3) is 0.857. The van der Waals surface area contributed by atoms with E-state index in [-0.39, 0.29) is 0 Å². The number of allylic oxidation sites excluding steroid dienone is 1. The Bertz CT molecular complexity index is 290. The molecule has 0 aliphatic heterocycles. The van der Waals surface area contributed by atoms with Crippen LogP contribution >= 0.6 is 0 Å². The summed E-state index contributed by atoms with van der Waals surface area (Å²) in [7, 11) is 1.98. The molecule has 0 radical (unpaired) electrons. The summed E-state index contributed by atoms with van der Waals surface area (Å²) >= 11 is 0. The highest BCUT2D eigenvalue weighted by molar-refractivity contribution is 5.66. The Hall–Kier alpha value is -0.830. The Labute approximate surface area is 150 Å². The summed E-state index contributed by atoms with van der Waals surface area (Å²) in [6.45, 7) is 0.991. The van der Waals surface area contributed by atoms with Crippen LogP contribution in [-0.2, 0) is 4.79 Å². The van der Waals surface area contributed by atoms with Gasteiger partial charge in [-0.1, -0.05) is 89.2 Å². The van der Waals surface area contributed by atoms with Crippen molar-refractivity contribution in [3.05, 3.63) is 12.2 Å². The van der Waals surface area contributed by atoms with E-state index in [1.807, 2.05) is 7.05 Å². The van der Waals surface area contributed by atoms with E-state index < -0.39 is 5.97 Å². The lowest BCUT2D eigenvalue weighted by atomic mass is 10.0. The fourth-order valence-corrected chi connectivity index (χ4v) is 2.98. The third-order valence-electron chi connectivity index (χ3n) is 4.50. The van der Waals surface area contributed by atoms with Crippen molar-refractivity contribution in [2.45, 2.75) is 103 Å². The molecule has 3 nitrogen and oxygen atoms in total. The van der Waals surface area contributed by atoms with E-state index in [0.717, 1.165) is 19.4 Å². The monoisotopic (exact) mass is 339 g/mol. The molecule has 24 heavy (non-hydrogen) atoms. The summed E-state index contributed by atoms with van der Waals surface area (Å²) in [6.07, 6.45) is 24.3. The van der Waals surface area contributed by atoms with Gasteiger partial charge in [0.2, 0.25) is 0 Å². The number of aliphatic carboxylic acids is 1. The van der Waals surface area contributed by atoms with Gasteiger partial charge in [0.15, 0.2) is 0 Å². The summed E-state index contributed by atoms with van der Waals surface area (Å²) in [5, 5.41) is 11.7. The lowest BCUT2D eigenvalue weighted by molar-refractivity contribution is -0.137. The van der Waals surface area contributed by atoms with Gasteiger partial charge in [0.05, 0.1) is 0 Å². The molecule has 0 aromatic heterocycles. The maximum atomic E-state index is 10.4. The molecule has 0 heterocycles. The van der Waals surface area contributed by atoms with Gasteiger partial charge in [0, 0.05) is 13.0 Å². The van der Waals surface area contributed by atoms with Gasteiger partial charge in [-0.3, -0.25) is 4.79 Å². The molecular formula is C21H41NO2.